The fourth-order valence-electron chi connectivity index (χ4n) is 6.41. The van der Waals surface area contributed by atoms with Crippen molar-refractivity contribution in [3.8, 4) is 5.75 Å². The van der Waals surface area contributed by atoms with Crippen molar-refractivity contribution >= 4 is 11.7 Å². The minimum atomic E-state index is -1.85. The molecule has 0 aromatic carbocycles. The van der Waals surface area contributed by atoms with Crippen molar-refractivity contribution in [2.24, 2.45) is 24.3 Å². The summed E-state index contributed by atoms with van der Waals surface area (Å²) in [5.74, 6) is -4.63. The summed E-state index contributed by atoms with van der Waals surface area (Å²) >= 11 is 0. The van der Waals surface area contributed by atoms with E-state index in [0.717, 1.165) is 5.57 Å². The molecule has 1 aliphatic rings. The summed E-state index contributed by atoms with van der Waals surface area (Å²) in [6.45, 7) is 12.7. The van der Waals surface area contributed by atoms with Crippen LogP contribution in [0.1, 0.15) is 71.7 Å². The van der Waals surface area contributed by atoms with Gasteiger partial charge in [0.05, 0.1) is 36.4 Å². The molecule has 6 N–H and O–H groups in total. The number of ether oxygens (including phenoxy) is 2. The van der Waals surface area contributed by atoms with E-state index in [1.54, 1.807) is 81.5 Å². The monoisotopic (exact) mass is 778 g/mol. The number of nitrogens with zero attached hydrogens (tertiary/aromatic N) is 1. The van der Waals surface area contributed by atoms with Gasteiger partial charge in [-0.1, -0.05) is 113 Å². The molecule has 8 atom stereocenters. The van der Waals surface area contributed by atoms with Crippen LogP contribution in [0.4, 0.5) is 0 Å². The second-order valence-electron chi connectivity index (χ2n) is 14.7. The number of ketones is 1. The van der Waals surface area contributed by atoms with Crippen molar-refractivity contribution in [1.82, 2.24) is 9.88 Å². The molecule has 4 unspecified atom stereocenters. The Kier molecular flexibility index (Phi) is 19.0. The molecule has 2 rings (SSSR count). The van der Waals surface area contributed by atoms with E-state index in [2.05, 4.69) is 5.32 Å². The van der Waals surface area contributed by atoms with E-state index in [4.69, 9.17) is 9.47 Å². The van der Waals surface area contributed by atoms with E-state index in [1.807, 2.05) is 39.8 Å². The summed E-state index contributed by atoms with van der Waals surface area (Å²) in [6, 6.07) is 1.29. The second kappa shape index (κ2) is 22.3. The number of methoxy groups -OCH3 is 1. The summed E-state index contributed by atoms with van der Waals surface area (Å²) in [6.07, 6.45) is 20.8. The van der Waals surface area contributed by atoms with E-state index in [-0.39, 0.29) is 29.9 Å². The summed E-state index contributed by atoms with van der Waals surface area (Å²) in [5, 5.41) is 56.8. The van der Waals surface area contributed by atoms with Crippen LogP contribution in [0.25, 0.3) is 0 Å². The maximum Gasteiger partial charge on any atom is 0.265 e. The zero-order valence-electron chi connectivity index (χ0n) is 34.1. The average Bonchev–Trinajstić information content (AvgIpc) is 3.14. The molecule has 1 amide bonds. The van der Waals surface area contributed by atoms with Gasteiger partial charge in [-0.25, -0.2) is 0 Å². The van der Waals surface area contributed by atoms with Gasteiger partial charge in [-0.05, 0) is 44.4 Å². The molecule has 0 spiro atoms. The highest BCUT2D eigenvalue weighted by atomic mass is 16.6. The van der Waals surface area contributed by atoms with Crippen LogP contribution >= 0.6 is 0 Å². The Bertz CT molecular complexity index is 1780. The molecule has 56 heavy (non-hydrogen) atoms. The largest absolute Gasteiger partial charge is 0.507 e. The third kappa shape index (κ3) is 12.8. The number of hydrogen-bond donors (Lipinski definition) is 6. The third-order valence-electron chi connectivity index (χ3n) is 10.2. The highest BCUT2D eigenvalue weighted by Crippen LogP contribution is 2.44. The summed E-state index contributed by atoms with van der Waals surface area (Å²) in [5.41, 5.74) is -0.516. The second-order valence-corrected chi connectivity index (χ2v) is 14.7. The van der Waals surface area contributed by atoms with E-state index >= 15 is 0 Å². The number of Topliss-reactive ketones (excluding diaryl/α,β-unsaturated/α-hetero) is 1. The Hall–Kier alpha value is -4.43. The van der Waals surface area contributed by atoms with E-state index in [9.17, 15) is 39.9 Å². The van der Waals surface area contributed by atoms with Gasteiger partial charge in [0.2, 0.25) is 5.91 Å². The van der Waals surface area contributed by atoms with Crippen molar-refractivity contribution < 1.29 is 44.6 Å². The first-order valence-corrected chi connectivity index (χ1v) is 18.9. The zero-order chi connectivity index (χ0) is 42.2. The number of nitrogens with one attached hydrogen (secondary N) is 1. The number of rotatable bonds is 19. The Balaban J connectivity index is 1.96. The van der Waals surface area contributed by atoms with Gasteiger partial charge in [-0.2, -0.15) is 0 Å². The van der Waals surface area contributed by atoms with Crippen molar-refractivity contribution in [2.45, 2.75) is 97.6 Å². The van der Waals surface area contributed by atoms with Crippen molar-refractivity contribution in [1.29, 1.82) is 0 Å². The molecule has 0 bridgehead atoms. The molecular weight excluding hydrogens is 716 g/mol. The first-order valence-electron chi connectivity index (χ1n) is 18.9. The van der Waals surface area contributed by atoms with Crippen LogP contribution in [0.5, 0.6) is 5.75 Å². The number of aromatic nitrogens is 1. The van der Waals surface area contributed by atoms with E-state index in [1.165, 1.54) is 43.1 Å². The maximum atomic E-state index is 13.2. The lowest BCUT2D eigenvalue weighted by molar-refractivity contribution is -0.314. The van der Waals surface area contributed by atoms with E-state index < -0.39 is 70.8 Å². The highest BCUT2D eigenvalue weighted by molar-refractivity contribution is 6.09. The van der Waals surface area contributed by atoms with Crippen LogP contribution < -0.4 is 10.9 Å². The molecule has 12 heteroatoms. The molecule has 0 radical (unpaired) electrons. The van der Waals surface area contributed by atoms with Gasteiger partial charge in [0.1, 0.15) is 11.3 Å². The van der Waals surface area contributed by atoms with Gasteiger partial charge in [-0.15, -0.1) is 0 Å². The number of aliphatic hydroxyl groups excluding tert-OH is 3. The lowest BCUT2D eigenvalue weighted by atomic mass is 9.72. The number of carbonyl (C=O) groups is 2. The van der Waals surface area contributed by atoms with Crippen LogP contribution in [0.2, 0.25) is 0 Å². The molecule has 12 nitrogen and oxygen atoms in total. The lowest BCUT2D eigenvalue weighted by Crippen LogP contribution is -2.60. The van der Waals surface area contributed by atoms with Gasteiger partial charge in [0.25, 0.3) is 5.56 Å². The fourth-order valence-corrected chi connectivity index (χ4v) is 6.41. The van der Waals surface area contributed by atoms with Crippen molar-refractivity contribution in [2.75, 3.05) is 13.7 Å². The number of aryl methyl sites for hydroxylation is 1. The fraction of sp³-hybridized carbons (Fsp3) is 0.477. The summed E-state index contributed by atoms with van der Waals surface area (Å²) < 4.78 is 13.0. The Morgan fingerprint density at radius 3 is 2.38 bits per heavy atom. The van der Waals surface area contributed by atoms with Gasteiger partial charge in [-0.3, -0.25) is 14.4 Å². The van der Waals surface area contributed by atoms with Gasteiger partial charge < -0.3 is 44.9 Å². The Labute approximate surface area is 331 Å². The topological polar surface area (TPSA) is 188 Å². The zero-order valence-corrected chi connectivity index (χ0v) is 34.1. The Morgan fingerprint density at radius 1 is 1.07 bits per heavy atom. The standard InChI is InChI=1S/C44H62N2O10/c1-10-12-16-24-36-43(6,7)35(49)28-44(54,56-36)32(11-2)41(52)45-26-20-19-22-30(4)40(55-9)31(5)39(51)34(48)23-18-15-13-14-17-21-29(3)38(50)37-33(47)25-27-46(8)42(37)53/h10,12-25,27,31-32,34-36,39-40,47-49,51,54H,11,26,28H2,1-9H3,(H,45,52)/b12-10-,15-13+,17-14+,20-19+,23-18+,24-16+,29-21+,30-22+/t31?,32-,34?,35-,36+,39?,40?,44+/m1/s1. The van der Waals surface area contributed by atoms with Crippen LogP contribution in [0.3, 0.4) is 0 Å². The molecule has 1 aliphatic heterocycles. The summed E-state index contributed by atoms with van der Waals surface area (Å²) in [4.78, 5) is 38.1. The summed E-state index contributed by atoms with van der Waals surface area (Å²) in [7, 11) is 3.01. The molecule has 0 saturated carbocycles. The first-order chi connectivity index (χ1) is 26.4. The smallest absolute Gasteiger partial charge is 0.265 e. The minimum Gasteiger partial charge on any atom is -0.507 e. The first kappa shape index (κ1) is 47.7. The number of pyridine rings is 1. The predicted molar refractivity (Wildman–Crippen MR) is 219 cm³/mol. The molecule has 308 valence electrons. The van der Waals surface area contributed by atoms with Gasteiger partial charge >= 0.3 is 0 Å². The van der Waals surface area contributed by atoms with Crippen molar-refractivity contribution in [3.05, 3.63) is 124 Å². The highest BCUT2D eigenvalue weighted by Gasteiger charge is 2.54. The molecule has 1 saturated heterocycles. The molecule has 1 aromatic rings. The van der Waals surface area contributed by atoms with Crippen LogP contribution in [-0.2, 0) is 21.3 Å². The third-order valence-corrected chi connectivity index (χ3v) is 10.2. The average molecular weight is 779 g/mol. The molecule has 1 aromatic heterocycles. The Morgan fingerprint density at radius 2 is 1.73 bits per heavy atom. The van der Waals surface area contributed by atoms with E-state index in [0.29, 0.717) is 6.42 Å². The van der Waals surface area contributed by atoms with Crippen LogP contribution in [0, 0.1) is 17.3 Å². The molecule has 1 fully saturated rings. The lowest BCUT2D eigenvalue weighted by Gasteiger charge is -2.50. The van der Waals surface area contributed by atoms with Gasteiger partial charge in [0.15, 0.2) is 11.6 Å². The number of aliphatic hydroxyl groups is 4. The number of hydrogen-bond acceptors (Lipinski definition) is 10. The number of aromatic hydroxyl groups is 1. The quantitative estimate of drug-likeness (QED) is 0.0641. The van der Waals surface area contributed by atoms with Crippen LogP contribution in [0.15, 0.2) is 113 Å². The molecule has 0 aliphatic carbocycles. The van der Waals surface area contributed by atoms with Crippen molar-refractivity contribution in [3.63, 3.8) is 0 Å². The van der Waals surface area contributed by atoms with Crippen LogP contribution in [-0.4, -0.2) is 91.8 Å². The SMILES string of the molecule is C/C=C\C=C\[C@@H]1O[C@](O)([C@H](CC)C(=O)NC/C=C/C=C(\C)C(OC)C(C)C(O)C(O)/C=C/C=C/C=C/C=C(\C)C(=O)c2c(O)ccn(C)c2=O)C[C@@H](O)C1(C)C. The number of carbonyl (C=O) groups excluding carboxylic acids is 2. The number of allylic oxidation sites excluding steroid dienone is 12. The molecular formula is C44H62N2O10. The minimum absolute atomic E-state index is 0.102. The maximum absolute atomic E-state index is 13.2. The predicted octanol–water partition coefficient (Wildman–Crippen LogP) is 4.90. The normalized spacial score (nSPS) is 23.8. The number of amides is 1. The van der Waals surface area contributed by atoms with Gasteiger partial charge in [0, 0.05) is 44.7 Å². The molecule has 2 heterocycles.